The Hall–Kier alpha value is -2.59. The Morgan fingerprint density at radius 3 is 2.81 bits per heavy atom. The number of rotatable bonds is 5. The molecular formula is C11H13N9S. The highest BCUT2D eigenvalue weighted by Crippen LogP contribution is 2.13. The molecule has 0 aromatic carbocycles. The molecule has 108 valence electrons. The second-order valence-corrected chi connectivity index (χ2v) is 5.43. The fourth-order valence-corrected chi connectivity index (χ4v) is 2.37. The van der Waals surface area contributed by atoms with Gasteiger partial charge in [0, 0.05) is 23.5 Å². The predicted octanol–water partition coefficient (Wildman–Crippen LogP) is 0.720. The second-order valence-electron chi connectivity index (χ2n) is 4.12. The normalized spacial score (nSPS) is 10.6. The molecule has 0 spiro atoms. The number of aryl methyl sites for hydroxylation is 1. The molecule has 21 heavy (non-hydrogen) atoms. The Morgan fingerprint density at radius 2 is 2.14 bits per heavy atom. The monoisotopic (exact) mass is 303 g/mol. The SMILES string of the molecule is Cc1cnc(CNc2nc(NN)nc(-n3ccnc3)n2)s1. The van der Waals surface area contributed by atoms with Crippen LogP contribution < -0.4 is 16.6 Å². The zero-order valence-electron chi connectivity index (χ0n) is 11.2. The van der Waals surface area contributed by atoms with Crippen molar-refractivity contribution in [2.24, 2.45) is 5.84 Å². The average molecular weight is 303 g/mol. The van der Waals surface area contributed by atoms with Gasteiger partial charge in [-0.1, -0.05) is 0 Å². The fourth-order valence-electron chi connectivity index (χ4n) is 1.64. The van der Waals surface area contributed by atoms with E-state index in [1.54, 1.807) is 34.6 Å². The summed E-state index contributed by atoms with van der Waals surface area (Å²) in [6.45, 7) is 2.55. The van der Waals surface area contributed by atoms with Gasteiger partial charge >= 0.3 is 0 Å². The van der Waals surface area contributed by atoms with Crippen molar-refractivity contribution in [1.29, 1.82) is 0 Å². The number of nitrogens with two attached hydrogens (primary N) is 1. The van der Waals surface area contributed by atoms with Gasteiger partial charge in [-0.15, -0.1) is 11.3 Å². The van der Waals surface area contributed by atoms with E-state index in [0.29, 0.717) is 18.4 Å². The van der Waals surface area contributed by atoms with Gasteiger partial charge in [-0.05, 0) is 6.92 Å². The molecule has 4 N–H and O–H groups in total. The number of nitrogens with zero attached hydrogens (tertiary/aromatic N) is 6. The summed E-state index contributed by atoms with van der Waals surface area (Å²) < 4.78 is 1.67. The zero-order valence-corrected chi connectivity index (χ0v) is 12.0. The molecule has 0 saturated heterocycles. The van der Waals surface area contributed by atoms with Gasteiger partial charge in [0.05, 0.1) is 6.54 Å². The number of anilines is 2. The summed E-state index contributed by atoms with van der Waals surface area (Å²) in [4.78, 5) is 22.0. The quantitative estimate of drug-likeness (QED) is 0.466. The maximum atomic E-state index is 5.39. The van der Waals surface area contributed by atoms with Crippen LogP contribution in [0.2, 0.25) is 0 Å². The largest absolute Gasteiger partial charge is 0.348 e. The van der Waals surface area contributed by atoms with E-state index in [-0.39, 0.29) is 5.95 Å². The van der Waals surface area contributed by atoms with E-state index in [0.717, 1.165) is 9.88 Å². The lowest BCUT2D eigenvalue weighted by Crippen LogP contribution is -2.15. The molecule has 0 saturated carbocycles. The van der Waals surface area contributed by atoms with E-state index in [1.165, 1.54) is 0 Å². The van der Waals surface area contributed by atoms with Crippen molar-refractivity contribution in [1.82, 2.24) is 29.5 Å². The molecule has 3 heterocycles. The molecule has 0 unspecified atom stereocenters. The topological polar surface area (TPSA) is 119 Å². The number of aromatic nitrogens is 6. The van der Waals surface area contributed by atoms with Crippen LogP contribution in [-0.4, -0.2) is 29.5 Å². The molecular weight excluding hydrogens is 290 g/mol. The average Bonchev–Trinajstić information content (AvgIpc) is 3.16. The van der Waals surface area contributed by atoms with Crippen LogP contribution >= 0.6 is 11.3 Å². The van der Waals surface area contributed by atoms with Crippen molar-refractivity contribution in [2.75, 3.05) is 10.7 Å². The van der Waals surface area contributed by atoms with Crippen molar-refractivity contribution in [2.45, 2.75) is 13.5 Å². The molecule has 3 aromatic heterocycles. The number of nitrogen functional groups attached to an aromatic ring is 1. The van der Waals surface area contributed by atoms with Crippen molar-refractivity contribution in [3.05, 3.63) is 34.8 Å². The van der Waals surface area contributed by atoms with Crippen LogP contribution in [0.1, 0.15) is 9.88 Å². The summed E-state index contributed by atoms with van der Waals surface area (Å²) >= 11 is 1.62. The second kappa shape index (κ2) is 5.81. The molecule has 3 rings (SSSR count). The Bertz CT molecular complexity index is 721. The lowest BCUT2D eigenvalue weighted by molar-refractivity contribution is 0.887. The number of hydrazine groups is 1. The Kier molecular flexibility index (Phi) is 3.71. The van der Waals surface area contributed by atoms with Crippen LogP contribution in [0.4, 0.5) is 11.9 Å². The van der Waals surface area contributed by atoms with Gasteiger partial charge < -0.3 is 5.32 Å². The van der Waals surface area contributed by atoms with Crippen LogP contribution in [0.15, 0.2) is 24.9 Å². The van der Waals surface area contributed by atoms with E-state index >= 15 is 0 Å². The summed E-state index contributed by atoms with van der Waals surface area (Å²) in [6, 6.07) is 0. The van der Waals surface area contributed by atoms with Gasteiger partial charge in [0.2, 0.25) is 17.8 Å². The van der Waals surface area contributed by atoms with Crippen LogP contribution in [0.5, 0.6) is 0 Å². The lowest BCUT2D eigenvalue weighted by Gasteiger charge is -2.07. The van der Waals surface area contributed by atoms with Crippen molar-refractivity contribution in [3.8, 4) is 5.95 Å². The minimum absolute atomic E-state index is 0.270. The van der Waals surface area contributed by atoms with Crippen LogP contribution in [-0.2, 0) is 6.54 Å². The van der Waals surface area contributed by atoms with Crippen molar-refractivity contribution in [3.63, 3.8) is 0 Å². The molecule has 10 heteroatoms. The molecule has 0 aliphatic carbocycles. The third-order valence-electron chi connectivity index (χ3n) is 2.55. The highest BCUT2D eigenvalue weighted by molar-refractivity contribution is 7.11. The fraction of sp³-hybridized carbons (Fsp3) is 0.182. The van der Waals surface area contributed by atoms with Crippen LogP contribution in [0.3, 0.4) is 0 Å². The van der Waals surface area contributed by atoms with Gasteiger partial charge in [0.15, 0.2) is 0 Å². The van der Waals surface area contributed by atoms with Gasteiger partial charge in [0.1, 0.15) is 11.3 Å². The number of nitrogens with one attached hydrogen (secondary N) is 2. The molecule has 0 atom stereocenters. The van der Waals surface area contributed by atoms with Gasteiger partial charge in [-0.2, -0.15) is 15.0 Å². The molecule has 0 fully saturated rings. The first kappa shape index (κ1) is 13.4. The standard InChI is InChI=1S/C11H13N9S/c1-7-4-14-8(21-7)5-15-9-16-10(19-12)18-11(17-9)20-3-2-13-6-20/h2-4,6H,5,12H2,1H3,(H2,15,16,17,18,19). The van der Waals surface area contributed by atoms with E-state index < -0.39 is 0 Å². The Labute approximate surface area is 124 Å². The van der Waals surface area contributed by atoms with E-state index in [2.05, 4.69) is 35.7 Å². The number of imidazole rings is 1. The van der Waals surface area contributed by atoms with E-state index in [4.69, 9.17) is 5.84 Å². The smallest absolute Gasteiger partial charge is 0.243 e. The minimum atomic E-state index is 0.270. The predicted molar refractivity (Wildman–Crippen MR) is 78.9 cm³/mol. The molecule has 0 bridgehead atoms. The maximum Gasteiger partial charge on any atom is 0.243 e. The first-order valence-electron chi connectivity index (χ1n) is 6.11. The van der Waals surface area contributed by atoms with Crippen molar-refractivity contribution >= 4 is 23.2 Å². The number of thiazole rings is 1. The zero-order chi connectivity index (χ0) is 14.7. The lowest BCUT2D eigenvalue weighted by atomic mass is 10.6. The highest BCUT2D eigenvalue weighted by atomic mass is 32.1. The van der Waals surface area contributed by atoms with Crippen LogP contribution in [0.25, 0.3) is 5.95 Å². The highest BCUT2D eigenvalue weighted by Gasteiger charge is 2.08. The molecule has 0 aliphatic heterocycles. The molecule has 3 aromatic rings. The van der Waals surface area contributed by atoms with E-state index in [1.807, 2.05) is 13.1 Å². The number of hydrogen-bond acceptors (Lipinski definition) is 9. The molecule has 9 nitrogen and oxygen atoms in total. The van der Waals surface area contributed by atoms with Crippen LogP contribution in [0, 0.1) is 6.92 Å². The first-order valence-corrected chi connectivity index (χ1v) is 6.92. The Morgan fingerprint density at radius 1 is 1.29 bits per heavy atom. The molecule has 0 amide bonds. The summed E-state index contributed by atoms with van der Waals surface area (Å²) in [5, 5.41) is 4.07. The molecule has 0 radical (unpaired) electrons. The minimum Gasteiger partial charge on any atom is -0.348 e. The first-order chi connectivity index (χ1) is 10.2. The number of hydrogen-bond donors (Lipinski definition) is 3. The summed E-state index contributed by atoms with van der Waals surface area (Å²) in [5.74, 6) is 6.49. The van der Waals surface area contributed by atoms with Gasteiger partial charge in [-0.3, -0.25) is 9.99 Å². The van der Waals surface area contributed by atoms with E-state index in [9.17, 15) is 0 Å². The van der Waals surface area contributed by atoms with Gasteiger partial charge in [0.25, 0.3) is 0 Å². The van der Waals surface area contributed by atoms with Gasteiger partial charge in [-0.25, -0.2) is 15.8 Å². The third kappa shape index (κ3) is 3.12. The Balaban J connectivity index is 1.82. The summed E-state index contributed by atoms with van der Waals surface area (Å²) in [5.41, 5.74) is 2.42. The summed E-state index contributed by atoms with van der Waals surface area (Å²) in [7, 11) is 0. The third-order valence-corrected chi connectivity index (χ3v) is 3.47. The maximum absolute atomic E-state index is 5.39. The van der Waals surface area contributed by atoms with Crippen molar-refractivity contribution < 1.29 is 0 Å². The molecule has 0 aliphatic rings. The summed E-state index contributed by atoms with van der Waals surface area (Å²) in [6.07, 6.45) is 6.82.